The van der Waals surface area contributed by atoms with Crippen molar-refractivity contribution in [2.45, 2.75) is 225 Å². The van der Waals surface area contributed by atoms with Crippen LogP contribution in [0.15, 0.2) is 17.1 Å². The van der Waals surface area contributed by atoms with E-state index in [0.717, 1.165) is 44.9 Å². The van der Waals surface area contributed by atoms with E-state index in [1.54, 1.807) is 0 Å². The van der Waals surface area contributed by atoms with Gasteiger partial charge in [-0.05, 0) is 51.4 Å². The van der Waals surface area contributed by atoms with Crippen LogP contribution in [0, 0.1) is 0 Å². The lowest BCUT2D eigenvalue weighted by atomic mass is 9.96. The maximum Gasteiger partial charge on any atom is 0.248 e. The van der Waals surface area contributed by atoms with Gasteiger partial charge in [-0.3, -0.25) is 24.3 Å². The third-order valence-corrected chi connectivity index (χ3v) is 10.3. The van der Waals surface area contributed by atoms with Crippen LogP contribution in [0.4, 0.5) is 0 Å². The summed E-state index contributed by atoms with van der Waals surface area (Å²) in [5.74, 6) is -1.36. The highest BCUT2D eigenvalue weighted by molar-refractivity contribution is 6.02. The standard InChI is InChI=1S/C43H85N7O3.3ClH/c1-3-5-7-9-11-13-15-17-18-19-21-23-25-27-29-31-36-50(38(51)34-30-28-26-24-22-20-16-14-12-10-8-6-4-2)42(53)40(46)39(45)41(52)37(44)33-32-35-49-43(47)48;;;/h17-18,37,39-40H,3-16,19-36,44-46H2,1-2H3,(H4,47,48,49);3*1H/b18-17-;;;/t37-,39?,40?;;;/m1.../s1. The van der Waals surface area contributed by atoms with Gasteiger partial charge in [-0.1, -0.05) is 161 Å². The molecule has 0 saturated heterocycles. The summed E-state index contributed by atoms with van der Waals surface area (Å²) in [5, 5.41) is 0. The van der Waals surface area contributed by atoms with Gasteiger partial charge in [0.25, 0.3) is 0 Å². The topological polar surface area (TPSA) is 197 Å². The summed E-state index contributed by atoms with van der Waals surface area (Å²) >= 11 is 0. The van der Waals surface area contributed by atoms with Crippen molar-refractivity contribution >= 4 is 60.8 Å². The number of nitrogens with two attached hydrogens (primary N) is 5. The average molecular weight is 858 g/mol. The number of amides is 2. The molecule has 0 rings (SSSR count). The largest absolute Gasteiger partial charge is 0.370 e. The molecule has 0 fully saturated rings. The Morgan fingerprint density at radius 3 is 1.36 bits per heavy atom. The van der Waals surface area contributed by atoms with Crippen molar-refractivity contribution < 1.29 is 14.4 Å². The lowest BCUT2D eigenvalue weighted by molar-refractivity contribution is -0.147. The molecule has 0 radical (unpaired) electrons. The lowest BCUT2D eigenvalue weighted by Crippen LogP contribution is -2.60. The van der Waals surface area contributed by atoms with Crippen molar-refractivity contribution in [2.75, 3.05) is 13.1 Å². The number of Topliss-reactive ketones (excluding diaryl/α,β-unsaturated/α-hetero) is 1. The maximum absolute atomic E-state index is 13.6. The minimum absolute atomic E-state index is 0. The molecule has 2 amide bonds. The summed E-state index contributed by atoms with van der Waals surface area (Å²) in [4.78, 5) is 45.1. The molecule has 0 aliphatic heterocycles. The Hall–Kier alpha value is -1.43. The van der Waals surface area contributed by atoms with E-state index in [4.69, 9.17) is 28.7 Å². The number of aliphatic imine (C=N–C) groups is 1. The van der Waals surface area contributed by atoms with Crippen molar-refractivity contribution in [1.82, 2.24) is 4.90 Å². The van der Waals surface area contributed by atoms with Crippen molar-refractivity contribution in [3.05, 3.63) is 12.2 Å². The molecule has 3 atom stereocenters. The summed E-state index contributed by atoms with van der Waals surface area (Å²) in [5.41, 5.74) is 29.2. The molecule has 2 unspecified atom stereocenters. The molecule has 0 aliphatic rings. The Morgan fingerprint density at radius 2 is 0.929 bits per heavy atom. The number of nitrogens with zero attached hydrogens (tertiary/aromatic N) is 2. The SMILES string of the molecule is CCCCCCCC/C=C\CCCCCCCCN(C(=O)CCCCCCCCCCCCCCC)C(=O)C(N)C(N)C(=O)[C@H](N)CCCN=C(N)N.Cl.Cl.Cl. The van der Waals surface area contributed by atoms with Crippen molar-refractivity contribution in [3.63, 3.8) is 0 Å². The van der Waals surface area contributed by atoms with Crippen LogP contribution >= 0.6 is 37.2 Å². The number of allylic oxidation sites excluding steroid dienone is 2. The highest BCUT2D eigenvalue weighted by Gasteiger charge is 2.34. The predicted molar refractivity (Wildman–Crippen MR) is 247 cm³/mol. The third kappa shape index (κ3) is 35.7. The molecular weight excluding hydrogens is 769 g/mol. The minimum Gasteiger partial charge on any atom is -0.370 e. The first-order valence-electron chi connectivity index (χ1n) is 22.0. The molecule has 0 aromatic carbocycles. The van der Waals surface area contributed by atoms with Gasteiger partial charge >= 0.3 is 0 Å². The van der Waals surface area contributed by atoms with Gasteiger partial charge in [0.2, 0.25) is 11.8 Å². The van der Waals surface area contributed by atoms with Crippen molar-refractivity contribution in [3.8, 4) is 0 Å². The van der Waals surface area contributed by atoms with Gasteiger partial charge in [-0.2, -0.15) is 0 Å². The van der Waals surface area contributed by atoms with Crippen LogP contribution in [-0.4, -0.2) is 59.7 Å². The number of guanidine groups is 1. The van der Waals surface area contributed by atoms with E-state index in [1.165, 1.54) is 127 Å². The molecule has 0 saturated carbocycles. The Kier molecular flexibility index (Phi) is 48.8. The number of halogens is 3. The first-order chi connectivity index (χ1) is 25.7. The van der Waals surface area contributed by atoms with Crippen LogP contribution in [0.25, 0.3) is 0 Å². The van der Waals surface area contributed by atoms with E-state index in [-0.39, 0.29) is 62.1 Å². The van der Waals surface area contributed by atoms with Gasteiger partial charge in [0.15, 0.2) is 11.7 Å². The summed E-state index contributed by atoms with van der Waals surface area (Å²) in [6.45, 7) is 5.13. The zero-order valence-electron chi connectivity index (χ0n) is 35.7. The fourth-order valence-corrected chi connectivity index (χ4v) is 6.72. The van der Waals surface area contributed by atoms with Crippen LogP contribution < -0.4 is 28.7 Å². The van der Waals surface area contributed by atoms with Gasteiger partial charge in [0.1, 0.15) is 6.04 Å². The molecule has 0 spiro atoms. The van der Waals surface area contributed by atoms with Crippen LogP contribution in [0.3, 0.4) is 0 Å². The summed E-state index contributed by atoms with van der Waals surface area (Å²) in [7, 11) is 0. The van der Waals surface area contributed by atoms with Gasteiger partial charge in [-0.15, -0.1) is 37.2 Å². The zero-order valence-corrected chi connectivity index (χ0v) is 38.2. The summed E-state index contributed by atoms with van der Waals surface area (Å²) < 4.78 is 0. The Labute approximate surface area is 362 Å². The number of ketones is 1. The quantitative estimate of drug-likeness (QED) is 0.0175. The van der Waals surface area contributed by atoms with Gasteiger partial charge in [0.05, 0.1) is 12.1 Å². The molecule has 334 valence electrons. The van der Waals surface area contributed by atoms with E-state index in [2.05, 4.69) is 31.0 Å². The second-order valence-electron chi connectivity index (χ2n) is 15.3. The Bertz CT molecular complexity index is 971. The predicted octanol–water partition coefficient (Wildman–Crippen LogP) is 9.73. The van der Waals surface area contributed by atoms with E-state index in [9.17, 15) is 14.4 Å². The molecule has 56 heavy (non-hydrogen) atoms. The summed E-state index contributed by atoms with van der Waals surface area (Å²) in [6, 6.07) is -3.54. The van der Waals surface area contributed by atoms with Crippen molar-refractivity contribution in [1.29, 1.82) is 0 Å². The van der Waals surface area contributed by atoms with E-state index in [0.29, 0.717) is 25.8 Å². The number of carbonyl (C=O) groups is 3. The van der Waals surface area contributed by atoms with Crippen LogP contribution in [0.5, 0.6) is 0 Å². The highest BCUT2D eigenvalue weighted by atomic mass is 35.5. The Morgan fingerprint density at radius 1 is 0.536 bits per heavy atom. The van der Waals surface area contributed by atoms with Crippen molar-refractivity contribution in [2.24, 2.45) is 33.7 Å². The molecule has 0 bridgehead atoms. The van der Waals surface area contributed by atoms with Gasteiger partial charge in [0, 0.05) is 19.5 Å². The molecule has 0 aromatic rings. The normalized spacial score (nSPS) is 12.5. The maximum atomic E-state index is 13.6. The number of hydrogen-bond donors (Lipinski definition) is 5. The number of imide groups is 1. The monoisotopic (exact) mass is 856 g/mol. The van der Waals surface area contributed by atoms with Crippen LogP contribution in [0.1, 0.15) is 206 Å². The third-order valence-electron chi connectivity index (χ3n) is 10.3. The molecule has 0 heterocycles. The van der Waals surface area contributed by atoms with Gasteiger partial charge in [-0.25, -0.2) is 0 Å². The molecular formula is C43H88Cl3N7O3. The fourth-order valence-electron chi connectivity index (χ4n) is 6.72. The number of rotatable bonds is 38. The second kappa shape index (κ2) is 44.7. The van der Waals surface area contributed by atoms with Crippen LogP contribution in [0.2, 0.25) is 0 Å². The highest BCUT2D eigenvalue weighted by Crippen LogP contribution is 2.16. The smallest absolute Gasteiger partial charge is 0.248 e. The first-order valence-corrected chi connectivity index (χ1v) is 22.0. The number of carbonyl (C=O) groups excluding carboxylic acids is 3. The lowest BCUT2D eigenvalue weighted by Gasteiger charge is -2.27. The first kappa shape index (κ1) is 61.2. The average Bonchev–Trinajstić information content (AvgIpc) is 3.15. The van der Waals surface area contributed by atoms with Crippen LogP contribution in [-0.2, 0) is 14.4 Å². The molecule has 0 aromatic heterocycles. The van der Waals surface area contributed by atoms with Gasteiger partial charge < -0.3 is 28.7 Å². The molecule has 10 N–H and O–H groups in total. The van der Waals surface area contributed by atoms with E-state index in [1.807, 2.05) is 0 Å². The number of hydrogen-bond acceptors (Lipinski definition) is 7. The number of unbranched alkanes of at least 4 members (excludes halogenated alkanes) is 24. The molecule has 10 nitrogen and oxygen atoms in total. The van der Waals surface area contributed by atoms with E-state index >= 15 is 0 Å². The fraction of sp³-hybridized carbons (Fsp3) is 0.860. The van der Waals surface area contributed by atoms with E-state index < -0.39 is 29.8 Å². The molecule has 13 heteroatoms. The zero-order chi connectivity index (χ0) is 39.4. The Balaban J connectivity index is -0.00000451. The molecule has 0 aliphatic carbocycles. The summed E-state index contributed by atoms with van der Waals surface area (Å²) in [6.07, 6.45) is 38.1. The minimum atomic E-state index is -1.34. The second-order valence-corrected chi connectivity index (χ2v) is 15.3.